The summed E-state index contributed by atoms with van der Waals surface area (Å²) in [5, 5.41) is 0. The van der Waals surface area contributed by atoms with Crippen LogP contribution in [0, 0.1) is 29.6 Å². The van der Waals surface area contributed by atoms with Gasteiger partial charge >= 0.3 is 0 Å². The lowest BCUT2D eigenvalue weighted by atomic mass is 9.68. The van der Waals surface area contributed by atoms with Gasteiger partial charge in [0, 0.05) is 6.61 Å². The van der Waals surface area contributed by atoms with Crippen molar-refractivity contribution in [3.05, 3.63) is 0 Å². The van der Waals surface area contributed by atoms with Gasteiger partial charge in [0.05, 0.1) is 6.10 Å². The van der Waals surface area contributed by atoms with Crippen LogP contribution in [0.25, 0.3) is 0 Å². The molecule has 3 rings (SSSR count). The SMILES string of the molecule is CCC1CCC(C2CCC(CCC3CCC(CC)CO3)CC2)CC1. The third-order valence-corrected chi connectivity index (χ3v) is 7.97. The van der Waals surface area contributed by atoms with Crippen molar-refractivity contribution in [1.29, 1.82) is 0 Å². The molecule has 0 N–H and O–H groups in total. The molecule has 2 atom stereocenters. The van der Waals surface area contributed by atoms with E-state index < -0.39 is 0 Å². The van der Waals surface area contributed by atoms with Crippen LogP contribution in [0.5, 0.6) is 0 Å². The monoisotopic (exact) mass is 334 g/mol. The lowest BCUT2D eigenvalue weighted by Gasteiger charge is -2.38. The van der Waals surface area contributed by atoms with Gasteiger partial charge in [0.15, 0.2) is 0 Å². The molecule has 3 fully saturated rings. The zero-order valence-corrected chi connectivity index (χ0v) is 16.5. The molecule has 140 valence electrons. The van der Waals surface area contributed by atoms with E-state index in [4.69, 9.17) is 4.74 Å². The average Bonchev–Trinajstić information content (AvgIpc) is 2.67. The highest BCUT2D eigenvalue weighted by molar-refractivity contribution is 4.82. The molecule has 0 bridgehead atoms. The van der Waals surface area contributed by atoms with Crippen molar-refractivity contribution in [2.24, 2.45) is 29.6 Å². The van der Waals surface area contributed by atoms with Crippen LogP contribution >= 0.6 is 0 Å². The minimum atomic E-state index is 0.592. The molecule has 0 aromatic carbocycles. The second-order valence-electron chi connectivity index (χ2n) is 9.35. The third kappa shape index (κ3) is 5.23. The van der Waals surface area contributed by atoms with Gasteiger partial charge in [0.25, 0.3) is 0 Å². The largest absolute Gasteiger partial charge is 0.378 e. The van der Waals surface area contributed by atoms with Gasteiger partial charge in [-0.25, -0.2) is 0 Å². The average molecular weight is 335 g/mol. The number of hydrogen-bond acceptors (Lipinski definition) is 1. The molecular formula is C23H42O. The van der Waals surface area contributed by atoms with Crippen LogP contribution in [-0.4, -0.2) is 12.7 Å². The summed E-state index contributed by atoms with van der Waals surface area (Å²) in [5.74, 6) is 5.08. The van der Waals surface area contributed by atoms with Crippen molar-refractivity contribution in [1.82, 2.24) is 0 Å². The summed E-state index contributed by atoms with van der Waals surface area (Å²) in [5.41, 5.74) is 0. The Labute approximate surface area is 151 Å². The lowest BCUT2D eigenvalue weighted by Crippen LogP contribution is -2.28. The summed E-state index contributed by atoms with van der Waals surface area (Å²) in [6, 6.07) is 0. The topological polar surface area (TPSA) is 9.23 Å². The molecule has 0 aromatic heterocycles. The first-order chi connectivity index (χ1) is 11.8. The van der Waals surface area contributed by atoms with E-state index in [1.807, 2.05) is 0 Å². The van der Waals surface area contributed by atoms with Crippen LogP contribution in [0.3, 0.4) is 0 Å². The number of rotatable bonds is 6. The van der Waals surface area contributed by atoms with Gasteiger partial charge in [-0.2, -0.15) is 0 Å². The molecule has 0 aromatic rings. The predicted octanol–water partition coefficient (Wildman–Crippen LogP) is 6.99. The van der Waals surface area contributed by atoms with Crippen LogP contribution in [0.4, 0.5) is 0 Å². The Kier molecular flexibility index (Phi) is 7.50. The maximum atomic E-state index is 6.11. The molecule has 24 heavy (non-hydrogen) atoms. The summed E-state index contributed by atoms with van der Waals surface area (Å²) in [4.78, 5) is 0. The molecule has 1 heterocycles. The van der Waals surface area contributed by atoms with E-state index in [1.165, 1.54) is 77.0 Å². The fourth-order valence-corrected chi connectivity index (χ4v) is 5.85. The summed E-state index contributed by atoms with van der Waals surface area (Å²) < 4.78 is 6.11. The van der Waals surface area contributed by atoms with Gasteiger partial charge < -0.3 is 4.74 Å². The maximum absolute atomic E-state index is 6.11. The molecule has 1 heteroatoms. The summed E-state index contributed by atoms with van der Waals surface area (Å²) in [6.45, 7) is 5.73. The van der Waals surface area contributed by atoms with Gasteiger partial charge in [-0.1, -0.05) is 52.4 Å². The van der Waals surface area contributed by atoms with Gasteiger partial charge in [-0.15, -0.1) is 0 Å². The van der Waals surface area contributed by atoms with Crippen LogP contribution < -0.4 is 0 Å². The van der Waals surface area contributed by atoms with Crippen molar-refractivity contribution in [3.8, 4) is 0 Å². The second-order valence-corrected chi connectivity index (χ2v) is 9.35. The highest BCUT2D eigenvalue weighted by Crippen LogP contribution is 2.43. The fourth-order valence-electron chi connectivity index (χ4n) is 5.85. The first kappa shape index (κ1) is 18.7. The fraction of sp³-hybridized carbons (Fsp3) is 1.00. The number of hydrogen-bond donors (Lipinski definition) is 0. The smallest absolute Gasteiger partial charge is 0.0575 e. The maximum Gasteiger partial charge on any atom is 0.0575 e. The Morgan fingerprint density at radius 1 is 0.583 bits per heavy atom. The first-order valence-corrected chi connectivity index (χ1v) is 11.4. The molecule has 3 aliphatic rings. The molecule has 2 aliphatic carbocycles. The highest BCUT2D eigenvalue weighted by atomic mass is 16.5. The third-order valence-electron chi connectivity index (χ3n) is 7.97. The van der Waals surface area contributed by atoms with Crippen molar-refractivity contribution in [2.75, 3.05) is 6.61 Å². The molecule has 0 spiro atoms. The van der Waals surface area contributed by atoms with Crippen molar-refractivity contribution in [2.45, 2.75) is 110 Å². The molecule has 0 amide bonds. The van der Waals surface area contributed by atoms with E-state index in [0.29, 0.717) is 6.10 Å². The van der Waals surface area contributed by atoms with E-state index in [-0.39, 0.29) is 0 Å². The standard InChI is InChI=1S/C23H42O/c1-3-18-5-11-21(12-6-18)22-13-7-20(8-14-22)10-16-23-15-9-19(4-2)17-24-23/h18-23H,3-17H2,1-2H3. The molecule has 1 aliphatic heterocycles. The molecule has 1 saturated heterocycles. The lowest BCUT2D eigenvalue weighted by molar-refractivity contribution is -0.0244. The molecule has 0 radical (unpaired) electrons. The van der Waals surface area contributed by atoms with Crippen molar-refractivity contribution >= 4 is 0 Å². The Balaban J connectivity index is 1.30. The summed E-state index contributed by atoms with van der Waals surface area (Å²) in [7, 11) is 0. The van der Waals surface area contributed by atoms with E-state index >= 15 is 0 Å². The van der Waals surface area contributed by atoms with Crippen molar-refractivity contribution in [3.63, 3.8) is 0 Å². The van der Waals surface area contributed by atoms with Crippen LogP contribution in [-0.2, 0) is 4.74 Å². The molecule has 2 saturated carbocycles. The van der Waals surface area contributed by atoms with Gasteiger partial charge in [-0.3, -0.25) is 0 Å². The highest BCUT2D eigenvalue weighted by Gasteiger charge is 2.31. The molecule has 2 unspecified atom stereocenters. The van der Waals surface area contributed by atoms with E-state index in [0.717, 1.165) is 36.2 Å². The van der Waals surface area contributed by atoms with E-state index in [9.17, 15) is 0 Å². The van der Waals surface area contributed by atoms with Crippen LogP contribution in [0.15, 0.2) is 0 Å². The second kappa shape index (κ2) is 9.60. The Bertz CT molecular complexity index is 328. The zero-order valence-electron chi connectivity index (χ0n) is 16.5. The predicted molar refractivity (Wildman–Crippen MR) is 103 cm³/mol. The van der Waals surface area contributed by atoms with E-state index in [2.05, 4.69) is 13.8 Å². The van der Waals surface area contributed by atoms with Crippen LogP contribution in [0.1, 0.15) is 104 Å². The Morgan fingerprint density at radius 2 is 1.12 bits per heavy atom. The normalized spacial score (nSPS) is 41.2. The minimum Gasteiger partial charge on any atom is -0.378 e. The van der Waals surface area contributed by atoms with Gasteiger partial charge in [0.2, 0.25) is 0 Å². The molecular weight excluding hydrogens is 292 g/mol. The Morgan fingerprint density at radius 3 is 1.62 bits per heavy atom. The summed E-state index contributed by atoms with van der Waals surface area (Å²) in [6.07, 6.45) is 21.1. The molecule has 1 nitrogen and oxygen atoms in total. The summed E-state index contributed by atoms with van der Waals surface area (Å²) >= 11 is 0. The van der Waals surface area contributed by atoms with E-state index in [1.54, 1.807) is 12.8 Å². The zero-order chi connectivity index (χ0) is 16.8. The van der Waals surface area contributed by atoms with Gasteiger partial charge in [-0.05, 0) is 81.0 Å². The van der Waals surface area contributed by atoms with Crippen molar-refractivity contribution < 1.29 is 4.74 Å². The first-order valence-electron chi connectivity index (χ1n) is 11.4. The van der Waals surface area contributed by atoms with Crippen LogP contribution in [0.2, 0.25) is 0 Å². The number of ether oxygens (including phenoxy) is 1. The minimum absolute atomic E-state index is 0.592. The van der Waals surface area contributed by atoms with Gasteiger partial charge in [0.1, 0.15) is 0 Å². The quantitative estimate of drug-likeness (QED) is 0.508. The Hall–Kier alpha value is -0.0400.